The lowest BCUT2D eigenvalue weighted by molar-refractivity contribution is 0.0407. The molecule has 1 aliphatic heterocycles. The number of aromatic nitrogens is 1. The number of nitrogens with zero attached hydrogens (tertiary/aromatic N) is 2. The Labute approximate surface area is 116 Å². The first kappa shape index (κ1) is 14.3. The predicted octanol–water partition coefficient (Wildman–Crippen LogP) is 2.51. The van der Waals surface area contributed by atoms with Crippen molar-refractivity contribution in [1.82, 2.24) is 9.88 Å². The van der Waals surface area contributed by atoms with E-state index in [1.165, 1.54) is 5.56 Å². The average Bonchev–Trinajstić information content (AvgIpc) is 2.46. The summed E-state index contributed by atoms with van der Waals surface area (Å²) in [6.07, 6.45) is 5.30. The minimum atomic E-state index is 0.647. The fourth-order valence-corrected chi connectivity index (χ4v) is 2.47. The number of hydrogen-bond acceptors (Lipinski definition) is 4. The van der Waals surface area contributed by atoms with Gasteiger partial charge in [-0.15, -0.1) is 0 Å². The molecular weight excluding hydrogens is 238 g/mol. The first-order valence-corrected chi connectivity index (χ1v) is 7.26. The molecule has 1 aromatic rings. The summed E-state index contributed by atoms with van der Waals surface area (Å²) in [5.74, 6) is 0.986. The fourth-order valence-electron chi connectivity index (χ4n) is 2.47. The second-order valence-electron chi connectivity index (χ2n) is 5.23. The van der Waals surface area contributed by atoms with E-state index in [1.807, 2.05) is 6.20 Å². The normalized spacial score (nSPS) is 16.8. The standard InChI is InChI=1S/C15H25N3O/c1-3-7-16-15-11-13(4-8-17-15)12-18(2)14-5-9-19-10-6-14/h4,8,11,14H,3,5-7,9-10,12H2,1-2H3,(H,16,17). The molecule has 0 aliphatic carbocycles. The third-order valence-corrected chi connectivity index (χ3v) is 3.63. The van der Waals surface area contributed by atoms with E-state index in [0.29, 0.717) is 6.04 Å². The van der Waals surface area contributed by atoms with Gasteiger partial charge < -0.3 is 10.1 Å². The number of nitrogens with one attached hydrogen (secondary N) is 1. The molecule has 4 heteroatoms. The minimum absolute atomic E-state index is 0.647. The van der Waals surface area contributed by atoms with Crippen molar-refractivity contribution in [3.63, 3.8) is 0 Å². The number of ether oxygens (including phenoxy) is 1. The summed E-state index contributed by atoms with van der Waals surface area (Å²) >= 11 is 0. The topological polar surface area (TPSA) is 37.4 Å². The maximum atomic E-state index is 5.42. The average molecular weight is 263 g/mol. The Morgan fingerprint density at radius 3 is 2.95 bits per heavy atom. The van der Waals surface area contributed by atoms with E-state index in [0.717, 1.165) is 51.4 Å². The maximum Gasteiger partial charge on any atom is 0.126 e. The Morgan fingerprint density at radius 1 is 1.42 bits per heavy atom. The van der Waals surface area contributed by atoms with Crippen LogP contribution in [0.25, 0.3) is 0 Å². The van der Waals surface area contributed by atoms with Crippen LogP contribution in [0.4, 0.5) is 5.82 Å². The van der Waals surface area contributed by atoms with Crippen molar-refractivity contribution < 1.29 is 4.74 Å². The zero-order chi connectivity index (χ0) is 13.5. The molecule has 106 valence electrons. The molecule has 0 radical (unpaired) electrons. The molecule has 4 nitrogen and oxygen atoms in total. The highest BCUT2D eigenvalue weighted by Gasteiger charge is 2.18. The molecule has 1 N–H and O–H groups in total. The minimum Gasteiger partial charge on any atom is -0.381 e. The second kappa shape index (κ2) is 7.46. The van der Waals surface area contributed by atoms with E-state index < -0.39 is 0 Å². The van der Waals surface area contributed by atoms with Crippen LogP contribution in [-0.4, -0.2) is 42.7 Å². The Hall–Kier alpha value is -1.13. The SMILES string of the molecule is CCCNc1cc(CN(C)C2CCOCC2)ccn1. The number of pyridine rings is 1. The van der Waals surface area contributed by atoms with Gasteiger partial charge in [0, 0.05) is 38.5 Å². The van der Waals surface area contributed by atoms with Crippen molar-refractivity contribution in [2.24, 2.45) is 0 Å². The molecule has 0 saturated carbocycles. The summed E-state index contributed by atoms with van der Waals surface area (Å²) in [7, 11) is 2.20. The maximum absolute atomic E-state index is 5.42. The Kier molecular flexibility index (Phi) is 5.61. The van der Waals surface area contributed by atoms with Gasteiger partial charge in [0.05, 0.1) is 0 Å². The predicted molar refractivity (Wildman–Crippen MR) is 78.3 cm³/mol. The van der Waals surface area contributed by atoms with E-state index in [4.69, 9.17) is 4.74 Å². The molecular formula is C15H25N3O. The highest BCUT2D eigenvalue weighted by Crippen LogP contribution is 2.16. The van der Waals surface area contributed by atoms with Crippen LogP contribution in [0.5, 0.6) is 0 Å². The van der Waals surface area contributed by atoms with Crippen molar-refractivity contribution in [2.45, 2.75) is 38.8 Å². The highest BCUT2D eigenvalue weighted by molar-refractivity contribution is 5.37. The van der Waals surface area contributed by atoms with Gasteiger partial charge in [-0.25, -0.2) is 4.98 Å². The molecule has 0 bridgehead atoms. The van der Waals surface area contributed by atoms with Gasteiger partial charge in [-0.2, -0.15) is 0 Å². The second-order valence-corrected chi connectivity index (χ2v) is 5.23. The smallest absolute Gasteiger partial charge is 0.126 e. The summed E-state index contributed by atoms with van der Waals surface area (Å²) in [5.41, 5.74) is 1.32. The molecule has 1 saturated heterocycles. The lowest BCUT2D eigenvalue weighted by Gasteiger charge is -2.31. The van der Waals surface area contributed by atoms with Gasteiger partial charge in [-0.3, -0.25) is 4.90 Å². The molecule has 19 heavy (non-hydrogen) atoms. The molecule has 1 aromatic heterocycles. The van der Waals surface area contributed by atoms with Crippen molar-refractivity contribution >= 4 is 5.82 Å². The number of rotatable bonds is 6. The van der Waals surface area contributed by atoms with E-state index in [2.05, 4.69) is 41.3 Å². The third kappa shape index (κ3) is 4.48. The molecule has 0 atom stereocenters. The Morgan fingerprint density at radius 2 is 2.21 bits per heavy atom. The largest absolute Gasteiger partial charge is 0.381 e. The van der Waals surface area contributed by atoms with Crippen molar-refractivity contribution in [1.29, 1.82) is 0 Å². The summed E-state index contributed by atoms with van der Waals surface area (Å²) < 4.78 is 5.42. The van der Waals surface area contributed by atoms with Crippen LogP contribution in [0.3, 0.4) is 0 Å². The van der Waals surface area contributed by atoms with Gasteiger partial charge in [-0.1, -0.05) is 6.92 Å². The lowest BCUT2D eigenvalue weighted by Crippen LogP contribution is -2.36. The quantitative estimate of drug-likeness (QED) is 0.856. The molecule has 0 unspecified atom stereocenters. The Bertz CT molecular complexity index is 377. The zero-order valence-electron chi connectivity index (χ0n) is 12.1. The molecule has 0 spiro atoms. The monoisotopic (exact) mass is 263 g/mol. The van der Waals surface area contributed by atoms with Crippen LogP contribution in [0.2, 0.25) is 0 Å². The van der Waals surface area contributed by atoms with Gasteiger partial charge in [0.25, 0.3) is 0 Å². The van der Waals surface area contributed by atoms with Gasteiger partial charge in [0.1, 0.15) is 5.82 Å². The fraction of sp³-hybridized carbons (Fsp3) is 0.667. The molecule has 2 rings (SSSR count). The van der Waals surface area contributed by atoms with E-state index in [9.17, 15) is 0 Å². The van der Waals surface area contributed by atoms with Crippen molar-refractivity contribution in [2.75, 3.05) is 32.1 Å². The van der Waals surface area contributed by atoms with Gasteiger partial charge in [0.2, 0.25) is 0 Å². The third-order valence-electron chi connectivity index (χ3n) is 3.63. The highest BCUT2D eigenvalue weighted by atomic mass is 16.5. The van der Waals surface area contributed by atoms with Gasteiger partial charge in [-0.05, 0) is 44.0 Å². The van der Waals surface area contributed by atoms with Crippen molar-refractivity contribution in [3.8, 4) is 0 Å². The summed E-state index contributed by atoms with van der Waals surface area (Å²) in [6, 6.07) is 4.91. The lowest BCUT2D eigenvalue weighted by atomic mass is 10.1. The Balaban J connectivity index is 1.90. The van der Waals surface area contributed by atoms with Crippen LogP contribution in [0, 0.1) is 0 Å². The summed E-state index contributed by atoms with van der Waals surface area (Å²) in [5, 5.41) is 3.34. The molecule has 2 heterocycles. The summed E-state index contributed by atoms with van der Waals surface area (Å²) in [4.78, 5) is 6.78. The molecule has 0 amide bonds. The molecule has 0 aromatic carbocycles. The van der Waals surface area contributed by atoms with Crippen LogP contribution in [0.1, 0.15) is 31.7 Å². The first-order chi connectivity index (χ1) is 9.29. The van der Waals surface area contributed by atoms with Gasteiger partial charge in [0.15, 0.2) is 0 Å². The summed E-state index contributed by atoms with van der Waals surface area (Å²) in [6.45, 7) is 5.92. The number of anilines is 1. The first-order valence-electron chi connectivity index (χ1n) is 7.26. The zero-order valence-corrected chi connectivity index (χ0v) is 12.1. The number of hydrogen-bond donors (Lipinski definition) is 1. The van der Waals surface area contributed by atoms with E-state index in [1.54, 1.807) is 0 Å². The van der Waals surface area contributed by atoms with E-state index in [-0.39, 0.29) is 0 Å². The van der Waals surface area contributed by atoms with Crippen LogP contribution in [-0.2, 0) is 11.3 Å². The van der Waals surface area contributed by atoms with Crippen LogP contribution >= 0.6 is 0 Å². The van der Waals surface area contributed by atoms with E-state index >= 15 is 0 Å². The molecule has 1 fully saturated rings. The van der Waals surface area contributed by atoms with Gasteiger partial charge >= 0.3 is 0 Å². The van der Waals surface area contributed by atoms with Crippen LogP contribution in [0.15, 0.2) is 18.3 Å². The molecule has 1 aliphatic rings. The van der Waals surface area contributed by atoms with Crippen LogP contribution < -0.4 is 5.32 Å². The van der Waals surface area contributed by atoms with Crippen molar-refractivity contribution in [3.05, 3.63) is 23.9 Å².